The van der Waals surface area contributed by atoms with Gasteiger partial charge in [-0.2, -0.15) is 0 Å². The number of likely N-dealkylation sites (N-methyl/N-ethyl adjacent to an activating group) is 1. The highest BCUT2D eigenvalue weighted by Crippen LogP contribution is 2.22. The van der Waals surface area contributed by atoms with E-state index in [0.29, 0.717) is 13.0 Å². The Morgan fingerprint density at radius 2 is 1.80 bits per heavy atom. The van der Waals surface area contributed by atoms with Crippen LogP contribution in [0.25, 0.3) is 0 Å². The van der Waals surface area contributed by atoms with Crippen molar-refractivity contribution in [3.05, 3.63) is 59.2 Å². The summed E-state index contributed by atoms with van der Waals surface area (Å²) >= 11 is 0. The molecular weight excluding hydrogens is 314 g/mol. The normalized spacial score (nSPS) is 11.7. The number of benzene rings is 2. The first-order valence-corrected chi connectivity index (χ1v) is 8.56. The van der Waals surface area contributed by atoms with E-state index in [1.54, 1.807) is 19.1 Å². The van der Waals surface area contributed by atoms with Crippen molar-refractivity contribution in [3.63, 3.8) is 0 Å². The molecule has 1 atom stereocenters. The van der Waals surface area contributed by atoms with Gasteiger partial charge in [0.2, 0.25) is 0 Å². The van der Waals surface area contributed by atoms with Gasteiger partial charge in [0.1, 0.15) is 11.5 Å². The molecule has 4 heteroatoms. The van der Waals surface area contributed by atoms with Crippen molar-refractivity contribution < 1.29 is 14.3 Å². The number of amides is 1. The largest absolute Gasteiger partial charge is 0.497 e. The quantitative estimate of drug-likeness (QED) is 0.760. The molecular formula is C21H27NO3. The summed E-state index contributed by atoms with van der Waals surface area (Å²) in [6.45, 7) is 6.55. The van der Waals surface area contributed by atoms with Crippen LogP contribution in [0.15, 0.2) is 42.5 Å². The van der Waals surface area contributed by atoms with Crippen LogP contribution in [0, 0.1) is 13.8 Å². The van der Waals surface area contributed by atoms with Gasteiger partial charge in [0.05, 0.1) is 7.11 Å². The summed E-state index contributed by atoms with van der Waals surface area (Å²) < 4.78 is 11.2. The Morgan fingerprint density at radius 3 is 2.36 bits per heavy atom. The SMILES string of the molecule is CCC(Oc1ccc(C)cc1C)C(=O)N(C)Cc1ccc(OC)cc1. The zero-order valence-corrected chi connectivity index (χ0v) is 15.7. The molecule has 2 aromatic carbocycles. The highest BCUT2D eigenvalue weighted by Gasteiger charge is 2.23. The molecule has 0 bridgehead atoms. The fraction of sp³-hybridized carbons (Fsp3) is 0.381. The topological polar surface area (TPSA) is 38.8 Å². The molecule has 0 N–H and O–H groups in total. The van der Waals surface area contributed by atoms with Crippen LogP contribution in [0.3, 0.4) is 0 Å². The molecule has 1 unspecified atom stereocenters. The van der Waals surface area contributed by atoms with E-state index < -0.39 is 6.10 Å². The number of carbonyl (C=O) groups excluding carboxylic acids is 1. The lowest BCUT2D eigenvalue weighted by molar-refractivity contribution is -0.138. The Morgan fingerprint density at radius 1 is 1.12 bits per heavy atom. The number of nitrogens with zero attached hydrogens (tertiary/aromatic N) is 1. The second-order valence-electron chi connectivity index (χ2n) is 6.33. The van der Waals surface area contributed by atoms with Gasteiger partial charge in [0.15, 0.2) is 6.10 Å². The van der Waals surface area contributed by atoms with Crippen molar-refractivity contribution >= 4 is 5.91 Å². The minimum Gasteiger partial charge on any atom is -0.497 e. The molecule has 4 nitrogen and oxygen atoms in total. The van der Waals surface area contributed by atoms with Crippen LogP contribution in [-0.4, -0.2) is 31.1 Å². The third kappa shape index (κ3) is 4.99. The first-order chi connectivity index (χ1) is 11.9. The van der Waals surface area contributed by atoms with Gasteiger partial charge in [-0.3, -0.25) is 4.79 Å². The molecule has 25 heavy (non-hydrogen) atoms. The molecule has 1 amide bonds. The van der Waals surface area contributed by atoms with Gasteiger partial charge < -0.3 is 14.4 Å². The maximum absolute atomic E-state index is 12.8. The van der Waals surface area contributed by atoms with Gasteiger partial charge >= 0.3 is 0 Å². The van der Waals surface area contributed by atoms with Crippen molar-refractivity contribution in [2.24, 2.45) is 0 Å². The summed E-state index contributed by atoms with van der Waals surface area (Å²) in [6, 6.07) is 13.7. The zero-order chi connectivity index (χ0) is 18.4. The Bertz CT molecular complexity index is 710. The van der Waals surface area contributed by atoms with Gasteiger partial charge in [0, 0.05) is 13.6 Å². The molecule has 2 aromatic rings. The zero-order valence-electron chi connectivity index (χ0n) is 15.7. The lowest BCUT2D eigenvalue weighted by Crippen LogP contribution is -2.39. The van der Waals surface area contributed by atoms with Crippen LogP contribution in [0.4, 0.5) is 0 Å². The number of carbonyl (C=O) groups is 1. The number of aryl methyl sites for hydroxylation is 2. The third-order valence-corrected chi connectivity index (χ3v) is 4.20. The van der Waals surface area contributed by atoms with Crippen molar-refractivity contribution in [2.45, 2.75) is 39.8 Å². The number of rotatable bonds is 7. The highest BCUT2D eigenvalue weighted by molar-refractivity contribution is 5.81. The minimum absolute atomic E-state index is 0.0155. The van der Waals surface area contributed by atoms with E-state index in [9.17, 15) is 4.79 Å². The molecule has 0 fully saturated rings. The van der Waals surface area contributed by atoms with E-state index in [4.69, 9.17) is 9.47 Å². The lowest BCUT2D eigenvalue weighted by Gasteiger charge is -2.24. The third-order valence-electron chi connectivity index (χ3n) is 4.20. The van der Waals surface area contributed by atoms with Crippen molar-refractivity contribution in [2.75, 3.05) is 14.2 Å². The molecule has 0 aliphatic heterocycles. The van der Waals surface area contributed by atoms with E-state index in [1.807, 2.05) is 57.2 Å². The van der Waals surface area contributed by atoms with Crippen LogP contribution < -0.4 is 9.47 Å². The van der Waals surface area contributed by atoms with Crippen LogP contribution in [0.2, 0.25) is 0 Å². The molecule has 0 spiro atoms. The van der Waals surface area contributed by atoms with Gasteiger partial charge in [-0.05, 0) is 49.6 Å². The maximum Gasteiger partial charge on any atom is 0.263 e. The Balaban J connectivity index is 2.04. The summed E-state index contributed by atoms with van der Waals surface area (Å²) in [4.78, 5) is 14.5. The predicted octanol–water partition coefficient (Wildman–Crippen LogP) is 4.13. The molecule has 0 saturated carbocycles. The summed E-state index contributed by atoms with van der Waals surface area (Å²) in [6.07, 6.45) is 0.142. The maximum atomic E-state index is 12.8. The van der Waals surface area contributed by atoms with Crippen LogP contribution in [0.5, 0.6) is 11.5 Å². The van der Waals surface area contributed by atoms with Gasteiger partial charge in [0.25, 0.3) is 5.91 Å². The second-order valence-corrected chi connectivity index (χ2v) is 6.33. The molecule has 0 saturated heterocycles. The highest BCUT2D eigenvalue weighted by atomic mass is 16.5. The van der Waals surface area contributed by atoms with E-state index in [1.165, 1.54) is 5.56 Å². The average molecular weight is 341 g/mol. The van der Waals surface area contributed by atoms with E-state index in [-0.39, 0.29) is 5.91 Å². The summed E-state index contributed by atoms with van der Waals surface area (Å²) in [5, 5.41) is 0. The van der Waals surface area contributed by atoms with E-state index in [2.05, 4.69) is 6.07 Å². The monoisotopic (exact) mass is 341 g/mol. The van der Waals surface area contributed by atoms with Gasteiger partial charge in [-0.15, -0.1) is 0 Å². The number of hydrogen-bond acceptors (Lipinski definition) is 3. The molecule has 0 radical (unpaired) electrons. The van der Waals surface area contributed by atoms with E-state index >= 15 is 0 Å². The summed E-state index contributed by atoms with van der Waals surface area (Å²) in [7, 11) is 3.45. The summed E-state index contributed by atoms with van der Waals surface area (Å²) in [5.41, 5.74) is 3.28. The first kappa shape index (κ1) is 18.8. The van der Waals surface area contributed by atoms with Gasteiger partial charge in [-0.1, -0.05) is 36.8 Å². The van der Waals surface area contributed by atoms with Crippen molar-refractivity contribution in [3.8, 4) is 11.5 Å². The number of hydrogen-bond donors (Lipinski definition) is 0. The lowest BCUT2D eigenvalue weighted by atomic mass is 10.1. The van der Waals surface area contributed by atoms with Crippen molar-refractivity contribution in [1.82, 2.24) is 4.90 Å². The number of methoxy groups -OCH3 is 1. The fourth-order valence-corrected chi connectivity index (χ4v) is 2.72. The van der Waals surface area contributed by atoms with Crippen molar-refractivity contribution in [1.29, 1.82) is 0 Å². The molecule has 2 rings (SSSR count). The smallest absolute Gasteiger partial charge is 0.263 e. The standard InChI is InChI=1S/C21H27NO3/c1-6-19(25-20-12-7-15(2)13-16(20)3)21(23)22(4)14-17-8-10-18(24-5)11-9-17/h7-13,19H,6,14H2,1-5H3. The second kappa shape index (κ2) is 8.56. The molecule has 0 heterocycles. The van der Waals surface area contributed by atoms with Gasteiger partial charge in [-0.25, -0.2) is 0 Å². The molecule has 0 aliphatic carbocycles. The molecule has 0 aromatic heterocycles. The Labute approximate surface area is 150 Å². The Kier molecular flexibility index (Phi) is 6.45. The molecule has 134 valence electrons. The predicted molar refractivity (Wildman–Crippen MR) is 100 cm³/mol. The first-order valence-electron chi connectivity index (χ1n) is 8.56. The van der Waals surface area contributed by atoms with Crippen LogP contribution >= 0.6 is 0 Å². The van der Waals surface area contributed by atoms with Crippen LogP contribution in [0.1, 0.15) is 30.0 Å². The number of ether oxygens (including phenoxy) is 2. The average Bonchev–Trinajstić information content (AvgIpc) is 2.61. The molecule has 0 aliphatic rings. The van der Waals surface area contributed by atoms with Crippen LogP contribution in [-0.2, 0) is 11.3 Å². The fourth-order valence-electron chi connectivity index (χ4n) is 2.72. The summed E-state index contributed by atoms with van der Waals surface area (Å²) in [5.74, 6) is 1.56. The Hall–Kier alpha value is -2.49. The van der Waals surface area contributed by atoms with E-state index in [0.717, 1.165) is 22.6 Å². The minimum atomic E-state index is -0.482.